The fraction of sp³-hybridized carbons (Fsp3) is 0.500. The third kappa shape index (κ3) is 5.40. The number of rotatable bonds is 10. The Balaban J connectivity index is 1.45. The lowest BCUT2D eigenvalue weighted by molar-refractivity contribution is 0.000171. The molecule has 2 aromatic heterocycles. The molecule has 1 aliphatic heterocycles. The highest BCUT2D eigenvalue weighted by atomic mass is 33.1. The molecule has 5 rings (SSSR count). The zero-order chi connectivity index (χ0) is 26.1. The minimum atomic E-state index is -0.865. The van der Waals surface area contributed by atoms with Crippen molar-refractivity contribution in [1.29, 1.82) is 0 Å². The molecule has 2 fully saturated rings. The highest BCUT2D eigenvalue weighted by molar-refractivity contribution is 8.76. The number of aliphatic hydroxyl groups excluding tert-OH is 2. The minimum Gasteiger partial charge on any atom is -0.510 e. The molecule has 1 saturated heterocycles. The lowest BCUT2D eigenvalue weighted by atomic mass is 10.1. The summed E-state index contributed by atoms with van der Waals surface area (Å²) in [6.45, 7) is 3.57. The van der Waals surface area contributed by atoms with Crippen molar-refractivity contribution in [1.82, 2.24) is 25.0 Å². The molecule has 1 aromatic carbocycles. The molecule has 1 saturated carbocycles. The van der Waals surface area contributed by atoms with Crippen LogP contribution in [-0.2, 0) is 4.74 Å². The van der Waals surface area contributed by atoms with E-state index in [9.17, 15) is 19.0 Å². The van der Waals surface area contributed by atoms with E-state index in [1.54, 1.807) is 34.5 Å². The van der Waals surface area contributed by atoms with Crippen LogP contribution in [0.15, 0.2) is 35.2 Å². The Morgan fingerprint density at radius 2 is 2.11 bits per heavy atom. The van der Waals surface area contributed by atoms with Gasteiger partial charge in [0.15, 0.2) is 28.6 Å². The predicted octanol–water partition coefficient (Wildman–Crippen LogP) is 4.77. The molecule has 5 atom stereocenters. The van der Waals surface area contributed by atoms with E-state index in [1.165, 1.54) is 16.9 Å². The number of fused-ring (bicyclic) bond motifs is 1. The Bertz CT molecular complexity index is 1310. The number of halogens is 2. The highest BCUT2D eigenvalue weighted by Gasteiger charge is 2.41. The minimum absolute atomic E-state index is 0.0206. The van der Waals surface area contributed by atoms with Crippen molar-refractivity contribution in [2.24, 2.45) is 0 Å². The van der Waals surface area contributed by atoms with Gasteiger partial charge in [-0.3, -0.25) is 0 Å². The lowest BCUT2D eigenvalue weighted by Gasteiger charge is -2.16. The summed E-state index contributed by atoms with van der Waals surface area (Å²) in [5.74, 6) is -0.157. The molecular formula is C24H28F2N6O3S2. The summed E-state index contributed by atoms with van der Waals surface area (Å²) >= 11 is 0. The second kappa shape index (κ2) is 11.1. The van der Waals surface area contributed by atoms with Crippen LogP contribution in [0, 0.1) is 11.6 Å². The largest absolute Gasteiger partial charge is 0.510 e. The Morgan fingerprint density at radius 3 is 2.84 bits per heavy atom. The first-order valence-electron chi connectivity index (χ1n) is 12.2. The van der Waals surface area contributed by atoms with E-state index < -0.39 is 23.8 Å². The molecule has 0 radical (unpaired) electrons. The quantitative estimate of drug-likeness (QED) is 0.141. The van der Waals surface area contributed by atoms with Crippen LogP contribution in [0.4, 0.5) is 14.6 Å². The molecule has 3 N–H and O–H groups in total. The first-order valence-corrected chi connectivity index (χ1v) is 14.5. The van der Waals surface area contributed by atoms with E-state index in [4.69, 9.17) is 9.72 Å². The van der Waals surface area contributed by atoms with Crippen molar-refractivity contribution in [3.05, 3.63) is 47.2 Å². The van der Waals surface area contributed by atoms with Crippen molar-refractivity contribution in [3.63, 3.8) is 0 Å². The fourth-order valence-electron chi connectivity index (χ4n) is 4.52. The van der Waals surface area contributed by atoms with Crippen LogP contribution < -0.4 is 5.32 Å². The number of hydrogen-bond donors (Lipinski definition) is 3. The van der Waals surface area contributed by atoms with Crippen LogP contribution in [0.25, 0.3) is 11.2 Å². The SMILES string of the molecule is C/C=C(\O)C1CC(n2nnc3c(NC4C[C@H]4c4ccc(F)c(F)c4)nc(SSCCC)nc32)[C@H](CO)O1. The van der Waals surface area contributed by atoms with Crippen molar-refractivity contribution < 1.29 is 23.7 Å². The number of anilines is 1. The maximum atomic E-state index is 13.8. The van der Waals surface area contributed by atoms with E-state index in [2.05, 4.69) is 27.5 Å². The van der Waals surface area contributed by atoms with Crippen LogP contribution in [0.3, 0.4) is 0 Å². The maximum Gasteiger partial charge on any atom is 0.202 e. The van der Waals surface area contributed by atoms with Gasteiger partial charge in [0.1, 0.15) is 18.0 Å². The summed E-state index contributed by atoms with van der Waals surface area (Å²) in [6, 6.07) is 3.58. The van der Waals surface area contributed by atoms with Gasteiger partial charge < -0.3 is 20.3 Å². The van der Waals surface area contributed by atoms with Crippen LogP contribution in [0.5, 0.6) is 0 Å². The summed E-state index contributed by atoms with van der Waals surface area (Å²) < 4.78 is 34.6. The summed E-state index contributed by atoms with van der Waals surface area (Å²) in [5.41, 5.74) is 1.69. The number of aliphatic hydroxyl groups is 2. The molecule has 0 spiro atoms. The van der Waals surface area contributed by atoms with E-state index in [0.717, 1.165) is 30.2 Å². The molecule has 3 heterocycles. The summed E-state index contributed by atoms with van der Waals surface area (Å²) in [4.78, 5) is 9.41. The van der Waals surface area contributed by atoms with E-state index in [-0.39, 0.29) is 30.4 Å². The van der Waals surface area contributed by atoms with Gasteiger partial charge in [0, 0.05) is 24.1 Å². The molecule has 2 aliphatic rings. The third-order valence-electron chi connectivity index (χ3n) is 6.55. The third-order valence-corrected chi connectivity index (χ3v) is 8.88. The molecule has 0 bridgehead atoms. The Morgan fingerprint density at radius 1 is 1.27 bits per heavy atom. The fourth-order valence-corrected chi connectivity index (χ4v) is 6.41. The zero-order valence-corrected chi connectivity index (χ0v) is 22.0. The van der Waals surface area contributed by atoms with E-state index >= 15 is 0 Å². The Labute approximate surface area is 220 Å². The number of aromatic nitrogens is 5. The Kier molecular flexibility index (Phi) is 7.84. The Hall–Kier alpha value is -2.48. The van der Waals surface area contributed by atoms with Gasteiger partial charge in [0.2, 0.25) is 5.16 Å². The summed E-state index contributed by atoms with van der Waals surface area (Å²) in [7, 11) is 3.10. The molecule has 9 nitrogen and oxygen atoms in total. The standard InChI is InChI=1S/C24H28F2N6O3S2/c1-3-7-36-37-24-28-22(27-16-9-13(16)12-5-6-14(25)15(26)8-12)21-23(29-24)32(31-30-21)17-10-19(18(34)4-2)35-20(17)11-33/h4-6,8,13,16-17,19-20,33-34H,3,7,9-11H2,1-2H3,(H,27,28,29)/b18-4-/t13-,16?,17?,19?,20-/m0/s1. The second-order valence-corrected chi connectivity index (χ2v) is 11.5. The van der Waals surface area contributed by atoms with Gasteiger partial charge in [0.25, 0.3) is 0 Å². The number of benzene rings is 1. The molecule has 3 unspecified atom stereocenters. The maximum absolute atomic E-state index is 13.8. The van der Waals surface area contributed by atoms with Crippen molar-refractivity contribution in [3.8, 4) is 0 Å². The van der Waals surface area contributed by atoms with Crippen molar-refractivity contribution in [2.45, 2.75) is 68.5 Å². The normalized spacial score (nSPS) is 25.6. The van der Waals surface area contributed by atoms with Gasteiger partial charge >= 0.3 is 0 Å². The van der Waals surface area contributed by atoms with Crippen molar-refractivity contribution in [2.75, 3.05) is 17.7 Å². The van der Waals surface area contributed by atoms with Gasteiger partial charge in [0.05, 0.1) is 12.6 Å². The van der Waals surface area contributed by atoms with Crippen LogP contribution in [0.2, 0.25) is 0 Å². The predicted molar refractivity (Wildman–Crippen MR) is 139 cm³/mol. The van der Waals surface area contributed by atoms with Crippen LogP contribution in [-0.4, -0.2) is 65.8 Å². The topological polar surface area (TPSA) is 118 Å². The van der Waals surface area contributed by atoms with Gasteiger partial charge in [-0.1, -0.05) is 29.0 Å². The van der Waals surface area contributed by atoms with E-state index in [0.29, 0.717) is 28.6 Å². The smallest absolute Gasteiger partial charge is 0.202 e. The molecule has 1 aliphatic carbocycles. The molecule has 37 heavy (non-hydrogen) atoms. The van der Waals surface area contributed by atoms with Crippen LogP contribution >= 0.6 is 21.6 Å². The van der Waals surface area contributed by atoms with E-state index in [1.807, 2.05) is 0 Å². The zero-order valence-electron chi connectivity index (χ0n) is 20.3. The lowest BCUT2D eigenvalue weighted by Crippen LogP contribution is -2.25. The molecule has 13 heteroatoms. The van der Waals surface area contributed by atoms with Gasteiger partial charge in [-0.2, -0.15) is 0 Å². The molecule has 198 valence electrons. The highest BCUT2D eigenvalue weighted by Crippen LogP contribution is 2.44. The first-order chi connectivity index (χ1) is 17.9. The average Bonchev–Trinajstić information content (AvgIpc) is 3.32. The number of ether oxygens (including phenoxy) is 1. The number of nitrogens with one attached hydrogen (secondary N) is 1. The van der Waals surface area contributed by atoms with Gasteiger partial charge in [-0.15, -0.1) is 5.10 Å². The number of hydrogen-bond acceptors (Lipinski definition) is 10. The summed E-state index contributed by atoms with van der Waals surface area (Å²) in [6.07, 6.45) is 2.59. The van der Waals surface area contributed by atoms with Crippen molar-refractivity contribution >= 4 is 38.6 Å². The van der Waals surface area contributed by atoms with Crippen LogP contribution in [0.1, 0.15) is 50.6 Å². The number of allylic oxidation sites excluding steroid dienone is 1. The monoisotopic (exact) mass is 550 g/mol. The number of nitrogens with zero attached hydrogens (tertiary/aromatic N) is 5. The first kappa shape index (κ1) is 26.1. The summed E-state index contributed by atoms with van der Waals surface area (Å²) in [5, 5.41) is 32.8. The van der Waals surface area contributed by atoms with Gasteiger partial charge in [-0.05, 0) is 54.3 Å². The molecule has 3 aromatic rings. The average molecular weight is 551 g/mol. The van der Waals surface area contributed by atoms with Gasteiger partial charge in [-0.25, -0.2) is 23.4 Å². The molecule has 0 amide bonds. The molecular weight excluding hydrogens is 522 g/mol. The second-order valence-electron chi connectivity index (χ2n) is 9.10.